The molecule has 3 heterocycles. The number of hydrogen-bond acceptors (Lipinski definition) is 5. The van der Waals surface area contributed by atoms with Crippen LogP contribution < -0.4 is 10.2 Å². The van der Waals surface area contributed by atoms with Crippen molar-refractivity contribution in [1.29, 1.82) is 0 Å². The van der Waals surface area contributed by atoms with Crippen molar-refractivity contribution < 1.29 is 9.59 Å². The summed E-state index contributed by atoms with van der Waals surface area (Å²) in [6.45, 7) is 7.74. The number of thioether (sulfide) groups is 1. The number of aryl methyl sites for hydroxylation is 2. The molecule has 142 valence electrons. The van der Waals surface area contributed by atoms with Crippen molar-refractivity contribution in [2.45, 2.75) is 44.6 Å². The zero-order valence-electron chi connectivity index (χ0n) is 15.7. The van der Waals surface area contributed by atoms with Crippen LogP contribution in [0.5, 0.6) is 0 Å². The van der Waals surface area contributed by atoms with Crippen molar-refractivity contribution in [3.8, 4) is 0 Å². The lowest BCUT2D eigenvalue weighted by Gasteiger charge is -2.29. The van der Waals surface area contributed by atoms with E-state index in [1.165, 1.54) is 37.4 Å². The van der Waals surface area contributed by atoms with E-state index < -0.39 is 0 Å². The van der Waals surface area contributed by atoms with Gasteiger partial charge in [-0.3, -0.25) is 14.5 Å². The normalized spacial score (nSPS) is 18.4. The molecule has 1 N–H and O–H groups in total. The topological polar surface area (TPSA) is 65.5 Å². The van der Waals surface area contributed by atoms with Crippen LogP contribution in [-0.4, -0.2) is 60.2 Å². The van der Waals surface area contributed by atoms with Gasteiger partial charge in [0.2, 0.25) is 11.8 Å². The van der Waals surface area contributed by atoms with Crippen LogP contribution in [0, 0.1) is 13.8 Å². The highest BCUT2D eigenvalue weighted by Gasteiger charge is 2.29. The highest BCUT2D eigenvalue weighted by molar-refractivity contribution is 8.00. The number of pyridine rings is 1. The van der Waals surface area contributed by atoms with Crippen molar-refractivity contribution in [1.82, 2.24) is 15.2 Å². The second kappa shape index (κ2) is 8.86. The van der Waals surface area contributed by atoms with Gasteiger partial charge in [-0.25, -0.2) is 4.98 Å². The van der Waals surface area contributed by atoms with E-state index in [0.29, 0.717) is 12.3 Å². The third-order valence-electron chi connectivity index (χ3n) is 4.93. The van der Waals surface area contributed by atoms with E-state index in [2.05, 4.69) is 15.2 Å². The number of fused-ring (bicyclic) bond motifs is 1. The molecular formula is C19H28N4O2S. The van der Waals surface area contributed by atoms with Gasteiger partial charge in [0.1, 0.15) is 11.6 Å². The molecule has 1 fully saturated rings. The van der Waals surface area contributed by atoms with Crippen LogP contribution in [0.3, 0.4) is 0 Å². The van der Waals surface area contributed by atoms with Gasteiger partial charge in [0.15, 0.2) is 0 Å². The Morgan fingerprint density at radius 3 is 2.69 bits per heavy atom. The van der Waals surface area contributed by atoms with Crippen LogP contribution in [-0.2, 0) is 9.59 Å². The van der Waals surface area contributed by atoms with Crippen molar-refractivity contribution in [3.63, 3.8) is 0 Å². The third-order valence-corrected chi connectivity index (χ3v) is 5.88. The summed E-state index contributed by atoms with van der Waals surface area (Å²) in [7, 11) is 0. The van der Waals surface area contributed by atoms with Crippen LogP contribution in [0.15, 0.2) is 11.1 Å². The molecule has 0 spiro atoms. The molecule has 1 aromatic heterocycles. The molecule has 1 saturated heterocycles. The Labute approximate surface area is 159 Å². The number of aromatic nitrogens is 1. The predicted octanol–water partition coefficient (Wildman–Crippen LogP) is 2.13. The molecule has 2 aliphatic heterocycles. The third kappa shape index (κ3) is 4.76. The Hall–Kier alpha value is -1.60. The lowest BCUT2D eigenvalue weighted by Crippen LogP contribution is -2.45. The Bertz CT molecular complexity index is 672. The Morgan fingerprint density at radius 2 is 1.96 bits per heavy atom. The quantitative estimate of drug-likeness (QED) is 0.853. The second-order valence-corrected chi connectivity index (χ2v) is 8.07. The minimum absolute atomic E-state index is 0.0288. The fraction of sp³-hybridized carbons (Fsp3) is 0.632. The van der Waals surface area contributed by atoms with Crippen LogP contribution in [0.25, 0.3) is 0 Å². The van der Waals surface area contributed by atoms with Gasteiger partial charge in [0, 0.05) is 18.8 Å². The number of likely N-dealkylation sites (tertiary alicyclic amines) is 1. The number of amides is 2. The summed E-state index contributed by atoms with van der Waals surface area (Å²) in [4.78, 5) is 33.3. The van der Waals surface area contributed by atoms with Crippen molar-refractivity contribution in [3.05, 3.63) is 17.3 Å². The standard InChI is InChI=1S/C19H28N4O2S/c1-14-11-15(2)21-19-18(14)23(17(25)13-26-19)12-16(24)20-7-10-22-8-5-3-4-6-9-22/h11H,3-10,12-13H2,1-2H3,(H,20,24). The number of carbonyl (C=O) groups excluding carboxylic acids is 2. The molecule has 0 saturated carbocycles. The number of carbonyl (C=O) groups is 2. The summed E-state index contributed by atoms with van der Waals surface area (Å²) in [5.74, 6) is 0.203. The van der Waals surface area contributed by atoms with E-state index in [1.807, 2.05) is 19.9 Å². The van der Waals surface area contributed by atoms with E-state index >= 15 is 0 Å². The lowest BCUT2D eigenvalue weighted by molar-refractivity contribution is -0.123. The zero-order chi connectivity index (χ0) is 18.5. The Balaban J connectivity index is 1.56. The molecule has 0 aliphatic carbocycles. The van der Waals surface area contributed by atoms with Crippen molar-refractivity contribution in [2.75, 3.05) is 43.4 Å². The van der Waals surface area contributed by atoms with E-state index in [0.717, 1.165) is 41.6 Å². The number of anilines is 1. The molecule has 6 nitrogen and oxygen atoms in total. The van der Waals surface area contributed by atoms with Gasteiger partial charge >= 0.3 is 0 Å². The Kier molecular flexibility index (Phi) is 6.53. The molecule has 2 amide bonds. The van der Waals surface area contributed by atoms with Gasteiger partial charge in [0.25, 0.3) is 0 Å². The minimum Gasteiger partial charge on any atom is -0.353 e. The summed E-state index contributed by atoms with van der Waals surface area (Å²) in [5, 5.41) is 3.82. The smallest absolute Gasteiger partial charge is 0.240 e. The van der Waals surface area contributed by atoms with E-state index in [4.69, 9.17) is 0 Å². The van der Waals surface area contributed by atoms with Crippen LogP contribution in [0.1, 0.15) is 36.9 Å². The maximum absolute atomic E-state index is 12.4. The molecule has 7 heteroatoms. The fourth-order valence-corrected chi connectivity index (χ4v) is 4.67. The Morgan fingerprint density at radius 1 is 1.23 bits per heavy atom. The first-order chi connectivity index (χ1) is 12.5. The predicted molar refractivity (Wildman–Crippen MR) is 105 cm³/mol. The average molecular weight is 377 g/mol. The number of rotatable bonds is 5. The van der Waals surface area contributed by atoms with Crippen molar-refractivity contribution >= 4 is 29.3 Å². The summed E-state index contributed by atoms with van der Waals surface area (Å²) < 4.78 is 0. The first-order valence-electron chi connectivity index (χ1n) is 9.45. The fourth-order valence-electron chi connectivity index (χ4n) is 3.64. The van der Waals surface area contributed by atoms with Crippen LogP contribution in [0.2, 0.25) is 0 Å². The van der Waals surface area contributed by atoms with E-state index in [-0.39, 0.29) is 18.4 Å². The van der Waals surface area contributed by atoms with Gasteiger partial charge in [0.05, 0.1) is 11.4 Å². The summed E-state index contributed by atoms with van der Waals surface area (Å²) >= 11 is 1.45. The summed E-state index contributed by atoms with van der Waals surface area (Å²) in [6.07, 6.45) is 5.11. The van der Waals surface area contributed by atoms with Crippen LogP contribution >= 0.6 is 11.8 Å². The molecule has 0 unspecified atom stereocenters. The maximum Gasteiger partial charge on any atom is 0.240 e. The van der Waals surface area contributed by atoms with E-state index in [1.54, 1.807) is 4.90 Å². The van der Waals surface area contributed by atoms with Gasteiger partial charge in [-0.1, -0.05) is 24.6 Å². The second-order valence-electron chi connectivity index (χ2n) is 7.11. The maximum atomic E-state index is 12.4. The molecule has 0 bridgehead atoms. The SMILES string of the molecule is Cc1cc(C)c2c(n1)SCC(=O)N2CC(=O)NCCN1CCCCCC1. The molecule has 0 radical (unpaired) electrons. The molecule has 26 heavy (non-hydrogen) atoms. The number of nitrogens with zero attached hydrogens (tertiary/aromatic N) is 3. The molecule has 1 aromatic rings. The van der Waals surface area contributed by atoms with Crippen molar-refractivity contribution in [2.24, 2.45) is 0 Å². The van der Waals surface area contributed by atoms with Gasteiger partial charge in [-0.05, 0) is 51.4 Å². The van der Waals surface area contributed by atoms with Gasteiger partial charge in [-0.2, -0.15) is 0 Å². The number of hydrogen-bond donors (Lipinski definition) is 1. The van der Waals surface area contributed by atoms with E-state index in [9.17, 15) is 9.59 Å². The highest BCUT2D eigenvalue weighted by atomic mass is 32.2. The molecule has 3 rings (SSSR count). The highest BCUT2D eigenvalue weighted by Crippen LogP contribution is 2.36. The zero-order valence-corrected chi connectivity index (χ0v) is 16.5. The lowest BCUT2D eigenvalue weighted by atomic mass is 10.2. The first kappa shape index (κ1) is 19.2. The molecule has 0 aromatic carbocycles. The van der Waals surface area contributed by atoms with Gasteiger partial charge < -0.3 is 10.2 Å². The van der Waals surface area contributed by atoms with Crippen LogP contribution in [0.4, 0.5) is 5.69 Å². The molecular weight excluding hydrogens is 348 g/mol. The summed E-state index contributed by atoms with van der Waals surface area (Å²) in [5.41, 5.74) is 2.72. The molecule has 2 aliphatic rings. The largest absolute Gasteiger partial charge is 0.353 e. The summed E-state index contributed by atoms with van der Waals surface area (Å²) in [6, 6.07) is 1.96. The monoisotopic (exact) mass is 376 g/mol. The molecule has 0 atom stereocenters. The average Bonchev–Trinajstić information content (AvgIpc) is 2.86. The van der Waals surface area contributed by atoms with Gasteiger partial charge in [-0.15, -0.1) is 0 Å². The first-order valence-corrected chi connectivity index (χ1v) is 10.4. The minimum atomic E-state index is -0.106. The number of nitrogens with one attached hydrogen (secondary N) is 1.